The van der Waals surface area contributed by atoms with Crippen LogP contribution in [0, 0.1) is 0 Å². The molecule has 25 heavy (non-hydrogen) atoms. The quantitative estimate of drug-likeness (QED) is 0.436. The molecule has 0 atom stereocenters. The fourth-order valence-corrected chi connectivity index (χ4v) is 3.92. The van der Waals surface area contributed by atoms with Crippen LogP contribution >= 0.6 is 0 Å². The number of fused-ring (bicyclic) bond motifs is 7. The van der Waals surface area contributed by atoms with Gasteiger partial charge in [-0.05, 0) is 30.3 Å². The maximum Gasteiger partial charge on any atom is 0.298 e. The first kappa shape index (κ1) is 12.9. The van der Waals surface area contributed by atoms with Gasteiger partial charge in [0.2, 0.25) is 0 Å². The van der Waals surface area contributed by atoms with Crippen molar-refractivity contribution in [3.63, 3.8) is 0 Å². The van der Waals surface area contributed by atoms with E-state index in [0.717, 1.165) is 29.0 Å². The van der Waals surface area contributed by atoms with Crippen molar-refractivity contribution in [2.75, 3.05) is 0 Å². The van der Waals surface area contributed by atoms with Crippen molar-refractivity contribution < 1.29 is 4.57 Å². The van der Waals surface area contributed by atoms with Crippen LogP contribution in [0.1, 0.15) is 5.56 Å². The minimum atomic E-state index is 0.850. The van der Waals surface area contributed by atoms with Crippen LogP contribution in [-0.2, 0) is 6.54 Å². The molecule has 5 aromatic rings. The average Bonchev–Trinajstić information content (AvgIpc) is 3.28. The van der Waals surface area contributed by atoms with Gasteiger partial charge in [-0.15, -0.1) is 0 Å². The number of hydrogen-bond donors (Lipinski definition) is 0. The van der Waals surface area contributed by atoms with Crippen LogP contribution in [0.25, 0.3) is 33.9 Å². The topological polar surface area (TPSA) is 39.0 Å². The van der Waals surface area contributed by atoms with Crippen LogP contribution < -0.4 is 4.57 Å². The molecule has 0 radical (unpaired) electrons. The van der Waals surface area contributed by atoms with Crippen LogP contribution in [0.15, 0.2) is 73.3 Å². The number of hydrogen-bond acceptors (Lipinski definition) is 2. The van der Waals surface area contributed by atoms with Gasteiger partial charge in [0, 0.05) is 29.8 Å². The van der Waals surface area contributed by atoms with Crippen LogP contribution in [0.5, 0.6) is 0 Å². The Kier molecular flexibility index (Phi) is 2.34. The van der Waals surface area contributed by atoms with Crippen molar-refractivity contribution in [1.82, 2.24) is 18.9 Å². The lowest BCUT2D eigenvalue weighted by molar-refractivity contribution is -0.670. The molecule has 0 bridgehead atoms. The highest BCUT2D eigenvalue weighted by Crippen LogP contribution is 2.32. The Bertz CT molecular complexity index is 1260. The fourth-order valence-electron chi connectivity index (χ4n) is 3.92. The Morgan fingerprint density at radius 1 is 0.960 bits per heavy atom. The third kappa shape index (κ3) is 1.59. The van der Waals surface area contributed by atoms with Crippen molar-refractivity contribution in [1.29, 1.82) is 0 Å². The van der Waals surface area contributed by atoms with E-state index in [4.69, 9.17) is 4.98 Å². The zero-order valence-electron chi connectivity index (χ0n) is 13.4. The van der Waals surface area contributed by atoms with Crippen molar-refractivity contribution >= 4 is 16.8 Å². The first-order valence-corrected chi connectivity index (χ1v) is 8.31. The van der Waals surface area contributed by atoms with E-state index in [1.807, 2.05) is 30.7 Å². The van der Waals surface area contributed by atoms with Gasteiger partial charge in [0.05, 0.1) is 5.56 Å². The molecular weight excluding hydrogens is 310 g/mol. The van der Waals surface area contributed by atoms with Gasteiger partial charge in [0.1, 0.15) is 12.1 Å². The number of para-hydroxylation sites is 1. The van der Waals surface area contributed by atoms with E-state index >= 15 is 0 Å². The molecule has 5 nitrogen and oxygen atoms in total. The van der Waals surface area contributed by atoms with Gasteiger partial charge in [-0.1, -0.05) is 18.2 Å². The molecule has 0 spiro atoms. The second kappa shape index (κ2) is 4.54. The van der Waals surface area contributed by atoms with Crippen LogP contribution in [0.2, 0.25) is 0 Å². The average molecular weight is 324 g/mol. The van der Waals surface area contributed by atoms with E-state index in [1.54, 1.807) is 0 Å². The molecule has 0 amide bonds. The predicted octanol–water partition coefficient (Wildman–Crippen LogP) is 2.99. The molecule has 5 heteroatoms. The predicted molar refractivity (Wildman–Crippen MR) is 94.6 cm³/mol. The molecule has 5 heterocycles. The van der Waals surface area contributed by atoms with E-state index < -0.39 is 0 Å². The molecule has 0 fully saturated rings. The second-order valence-electron chi connectivity index (χ2n) is 6.32. The Balaban J connectivity index is 1.81. The summed E-state index contributed by atoms with van der Waals surface area (Å²) in [5.74, 6) is 1.17. The van der Waals surface area contributed by atoms with Gasteiger partial charge in [0.25, 0.3) is 17.1 Å². The smallest absolute Gasteiger partial charge is 0.268 e. The summed E-state index contributed by atoms with van der Waals surface area (Å²) in [7, 11) is 0. The number of aromatic nitrogens is 5. The Labute approximate surface area is 143 Å². The highest BCUT2D eigenvalue weighted by atomic mass is 15.3. The summed E-state index contributed by atoms with van der Waals surface area (Å²) < 4.78 is 6.82. The second-order valence-corrected chi connectivity index (χ2v) is 6.32. The summed E-state index contributed by atoms with van der Waals surface area (Å²) in [6, 6.07) is 16.7. The lowest BCUT2D eigenvalue weighted by atomic mass is 10.2. The van der Waals surface area contributed by atoms with Gasteiger partial charge in [-0.2, -0.15) is 4.40 Å². The van der Waals surface area contributed by atoms with Gasteiger partial charge < -0.3 is 0 Å². The maximum absolute atomic E-state index is 4.69. The number of pyridine rings is 2. The molecule has 1 aliphatic heterocycles. The zero-order chi connectivity index (χ0) is 16.4. The molecule has 0 unspecified atom stereocenters. The molecule has 0 saturated heterocycles. The van der Waals surface area contributed by atoms with E-state index in [0.29, 0.717) is 0 Å². The largest absolute Gasteiger partial charge is 0.298 e. The van der Waals surface area contributed by atoms with Gasteiger partial charge in [-0.25, -0.2) is 9.55 Å². The number of benzene rings is 1. The Hall–Kier alpha value is -3.47. The molecule has 118 valence electrons. The van der Waals surface area contributed by atoms with E-state index in [9.17, 15) is 0 Å². The normalized spacial score (nSPS) is 12.6. The third-order valence-corrected chi connectivity index (χ3v) is 4.93. The summed E-state index contributed by atoms with van der Waals surface area (Å²) >= 11 is 0. The Morgan fingerprint density at radius 3 is 2.80 bits per heavy atom. The lowest BCUT2D eigenvalue weighted by Gasteiger charge is -2.02. The molecule has 4 aromatic heterocycles. The van der Waals surface area contributed by atoms with Gasteiger partial charge in [-0.3, -0.25) is 9.55 Å². The number of rotatable bonds is 1. The van der Waals surface area contributed by atoms with Crippen molar-refractivity contribution in [2.24, 2.45) is 0 Å². The summed E-state index contributed by atoms with van der Waals surface area (Å²) in [4.78, 5) is 8.96. The summed E-state index contributed by atoms with van der Waals surface area (Å²) in [5, 5.41) is 0. The van der Waals surface area contributed by atoms with E-state index in [2.05, 4.69) is 61.1 Å². The van der Waals surface area contributed by atoms with Crippen LogP contribution in [0.4, 0.5) is 0 Å². The maximum atomic E-state index is 4.69. The minimum Gasteiger partial charge on any atom is -0.268 e. The molecule has 0 aliphatic carbocycles. The van der Waals surface area contributed by atoms with Gasteiger partial charge >= 0.3 is 0 Å². The molecule has 1 aliphatic rings. The fraction of sp³-hybridized carbons (Fsp3) is 0.0500. The van der Waals surface area contributed by atoms with E-state index in [-0.39, 0.29) is 0 Å². The zero-order valence-corrected chi connectivity index (χ0v) is 13.4. The summed E-state index contributed by atoms with van der Waals surface area (Å²) in [5.41, 5.74) is 6.82. The van der Waals surface area contributed by atoms with Crippen molar-refractivity contribution in [3.8, 4) is 17.1 Å². The minimum absolute atomic E-state index is 0.850. The Morgan fingerprint density at radius 2 is 1.88 bits per heavy atom. The summed E-state index contributed by atoms with van der Waals surface area (Å²) in [6.45, 7) is 0.850. The van der Waals surface area contributed by atoms with Crippen molar-refractivity contribution in [2.45, 2.75) is 6.54 Å². The summed E-state index contributed by atoms with van der Waals surface area (Å²) in [6.07, 6.45) is 7.89. The monoisotopic (exact) mass is 324 g/mol. The van der Waals surface area contributed by atoms with Crippen molar-refractivity contribution in [3.05, 3.63) is 78.9 Å². The van der Waals surface area contributed by atoms with E-state index in [1.165, 1.54) is 17.0 Å². The molecule has 0 saturated carbocycles. The molecule has 0 N–H and O–H groups in total. The van der Waals surface area contributed by atoms with Crippen LogP contribution in [-0.4, -0.2) is 18.9 Å². The highest BCUT2D eigenvalue weighted by molar-refractivity contribution is 5.83. The number of imidazole rings is 2. The first-order valence-electron chi connectivity index (χ1n) is 8.31. The highest BCUT2D eigenvalue weighted by Gasteiger charge is 2.34. The molecule has 6 rings (SSSR count). The first-order chi connectivity index (χ1) is 12.4. The van der Waals surface area contributed by atoms with Crippen LogP contribution in [0.3, 0.4) is 0 Å². The lowest BCUT2D eigenvalue weighted by Crippen LogP contribution is -2.29. The third-order valence-electron chi connectivity index (χ3n) is 4.93. The molecular formula is C20H14N5+. The van der Waals surface area contributed by atoms with Gasteiger partial charge in [0.15, 0.2) is 6.20 Å². The standard InChI is InChI=1S/C20H14N5/c1-2-5-15(6-3-1)24-17-7-4-9-22-19(17)25-18(24)13-23-12-14-11-21-10-8-16(14)20(23)25/h1-11,13H,12H2/q+1. The molecule has 1 aromatic carbocycles. The number of nitrogens with zero attached hydrogens (tertiary/aromatic N) is 5. The SMILES string of the molecule is c1ccc(-n2c3cccnc3n3c4[n+](cc23)Cc2cnccc2-4)cc1.